The summed E-state index contributed by atoms with van der Waals surface area (Å²) in [5, 5.41) is 6.08. The van der Waals surface area contributed by atoms with Crippen LogP contribution in [-0.2, 0) is 0 Å². The van der Waals surface area contributed by atoms with Gasteiger partial charge in [-0.2, -0.15) is 0 Å². The van der Waals surface area contributed by atoms with E-state index in [0.717, 1.165) is 22.2 Å². The van der Waals surface area contributed by atoms with E-state index < -0.39 is 0 Å². The summed E-state index contributed by atoms with van der Waals surface area (Å²) < 4.78 is 5.93. The molecule has 1 heterocycles. The molecule has 1 unspecified atom stereocenters. The smallest absolute Gasteiger partial charge is 0.135 e. The first-order chi connectivity index (χ1) is 11.8. The van der Waals surface area contributed by atoms with E-state index in [-0.39, 0.29) is 5.54 Å². The van der Waals surface area contributed by atoms with E-state index in [9.17, 15) is 0 Å². The van der Waals surface area contributed by atoms with E-state index in [1.165, 1.54) is 5.39 Å². The number of rotatable bonds is 6. The molecule has 2 nitrogen and oxygen atoms in total. The summed E-state index contributed by atoms with van der Waals surface area (Å²) in [6, 6.07) is 14.6. The number of allylic oxidation sites excluding steroid dienone is 1. The van der Waals surface area contributed by atoms with E-state index in [1.54, 1.807) is 0 Å². The van der Waals surface area contributed by atoms with Gasteiger partial charge in [0.25, 0.3) is 0 Å². The van der Waals surface area contributed by atoms with Crippen LogP contribution in [0.2, 0.25) is 0 Å². The van der Waals surface area contributed by atoms with Crippen LogP contribution in [0.5, 0.6) is 0 Å². The van der Waals surface area contributed by atoms with Gasteiger partial charge in [-0.05, 0) is 55.9 Å². The number of fused-ring (bicyclic) bond motifs is 3. The molecular weight excluding hydrogens is 306 g/mol. The number of para-hydroxylation sites is 1. The van der Waals surface area contributed by atoms with Crippen LogP contribution in [0.25, 0.3) is 21.9 Å². The van der Waals surface area contributed by atoms with Crippen molar-refractivity contribution in [1.82, 2.24) is 0 Å². The van der Waals surface area contributed by atoms with Gasteiger partial charge in [-0.15, -0.1) is 6.58 Å². The molecule has 2 aromatic carbocycles. The highest BCUT2D eigenvalue weighted by Gasteiger charge is 2.31. The SMILES string of the molecule is C=CC(C)[C@@H](C)[C@H](C)C(C)(C)Nc1ccc2oc3ccccc3c2c1. The third-order valence-corrected chi connectivity index (χ3v) is 5.97. The molecule has 0 amide bonds. The maximum Gasteiger partial charge on any atom is 0.135 e. The number of benzene rings is 2. The molecular formula is C23H29NO. The molecule has 0 aliphatic rings. The van der Waals surface area contributed by atoms with Gasteiger partial charge in [0.2, 0.25) is 0 Å². The van der Waals surface area contributed by atoms with Crippen LogP contribution in [-0.4, -0.2) is 5.54 Å². The third kappa shape index (κ3) is 3.30. The Morgan fingerprint density at radius 2 is 1.68 bits per heavy atom. The van der Waals surface area contributed by atoms with Crippen LogP contribution < -0.4 is 5.32 Å². The lowest BCUT2D eigenvalue weighted by atomic mass is 9.74. The molecule has 2 heteroatoms. The number of hydrogen-bond donors (Lipinski definition) is 1. The summed E-state index contributed by atoms with van der Waals surface area (Å²) in [7, 11) is 0. The van der Waals surface area contributed by atoms with Crippen molar-refractivity contribution in [2.24, 2.45) is 17.8 Å². The van der Waals surface area contributed by atoms with Gasteiger partial charge in [0, 0.05) is 22.0 Å². The first-order valence-electron chi connectivity index (χ1n) is 9.15. The Kier molecular flexibility index (Phi) is 4.64. The molecule has 0 aliphatic carbocycles. The lowest BCUT2D eigenvalue weighted by Crippen LogP contribution is -2.42. The second kappa shape index (κ2) is 6.59. The second-order valence-electron chi connectivity index (χ2n) is 7.90. The highest BCUT2D eigenvalue weighted by atomic mass is 16.3. The average Bonchev–Trinajstić information content (AvgIpc) is 2.97. The predicted molar refractivity (Wildman–Crippen MR) is 109 cm³/mol. The zero-order valence-corrected chi connectivity index (χ0v) is 16.0. The molecule has 0 radical (unpaired) electrons. The topological polar surface area (TPSA) is 25.2 Å². The molecule has 25 heavy (non-hydrogen) atoms. The standard InChI is InChI=1S/C23H29NO/c1-7-15(2)16(3)17(4)23(5,6)24-18-12-13-22-20(14-18)19-10-8-9-11-21(19)25-22/h7-17,24H,1H2,2-6H3/t15?,16-,17+/m1/s1. The summed E-state index contributed by atoms with van der Waals surface area (Å²) in [5.41, 5.74) is 2.99. The van der Waals surface area contributed by atoms with Gasteiger partial charge >= 0.3 is 0 Å². The summed E-state index contributed by atoms with van der Waals surface area (Å²) in [4.78, 5) is 0. The van der Waals surface area contributed by atoms with Crippen LogP contribution >= 0.6 is 0 Å². The maximum absolute atomic E-state index is 5.93. The molecule has 0 fully saturated rings. The minimum Gasteiger partial charge on any atom is -0.456 e. The first-order valence-corrected chi connectivity index (χ1v) is 9.15. The minimum absolute atomic E-state index is 0.0239. The van der Waals surface area contributed by atoms with Crippen molar-refractivity contribution in [1.29, 1.82) is 0 Å². The zero-order valence-electron chi connectivity index (χ0n) is 16.0. The summed E-state index contributed by atoms with van der Waals surface area (Å²) in [6.45, 7) is 15.4. The predicted octanol–water partition coefficient (Wildman–Crippen LogP) is 6.87. The van der Waals surface area contributed by atoms with Gasteiger partial charge in [-0.1, -0.05) is 45.0 Å². The Hall–Kier alpha value is -2.22. The Bertz CT molecular complexity index is 889. The molecule has 132 valence electrons. The number of hydrogen-bond acceptors (Lipinski definition) is 2. The normalized spacial score (nSPS) is 15.9. The second-order valence-corrected chi connectivity index (χ2v) is 7.90. The van der Waals surface area contributed by atoms with Gasteiger partial charge in [0.1, 0.15) is 11.2 Å². The van der Waals surface area contributed by atoms with Gasteiger partial charge in [0.15, 0.2) is 0 Å². The van der Waals surface area contributed by atoms with Crippen molar-refractivity contribution in [3.8, 4) is 0 Å². The number of furan rings is 1. The Morgan fingerprint density at radius 1 is 1.00 bits per heavy atom. The van der Waals surface area contributed by atoms with Gasteiger partial charge < -0.3 is 9.73 Å². The average molecular weight is 335 g/mol. The van der Waals surface area contributed by atoms with Crippen molar-refractivity contribution in [2.75, 3.05) is 5.32 Å². The van der Waals surface area contributed by atoms with Crippen molar-refractivity contribution in [3.63, 3.8) is 0 Å². The third-order valence-electron chi connectivity index (χ3n) is 5.97. The van der Waals surface area contributed by atoms with E-state index in [0.29, 0.717) is 17.8 Å². The van der Waals surface area contributed by atoms with Crippen LogP contribution in [0.4, 0.5) is 5.69 Å². The largest absolute Gasteiger partial charge is 0.456 e. The fourth-order valence-corrected chi connectivity index (χ4v) is 3.62. The van der Waals surface area contributed by atoms with Gasteiger partial charge in [-0.3, -0.25) is 0 Å². The molecule has 1 N–H and O–H groups in total. The molecule has 3 rings (SSSR count). The molecule has 0 spiro atoms. The highest BCUT2D eigenvalue weighted by Crippen LogP contribution is 2.35. The quantitative estimate of drug-likeness (QED) is 0.497. The first kappa shape index (κ1) is 17.6. The molecule has 0 aliphatic heterocycles. The van der Waals surface area contributed by atoms with Crippen LogP contribution in [0.3, 0.4) is 0 Å². The Balaban J connectivity index is 1.91. The summed E-state index contributed by atoms with van der Waals surface area (Å²) in [6.07, 6.45) is 2.06. The van der Waals surface area contributed by atoms with E-state index >= 15 is 0 Å². The van der Waals surface area contributed by atoms with Crippen LogP contribution in [0.1, 0.15) is 34.6 Å². The molecule has 3 aromatic rings. The van der Waals surface area contributed by atoms with E-state index in [1.807, 2.05) is 12.1 Å². The van der Waals surface area contributed by atoms with Crippen molar-refractivity contribution in [2.45, 2.75) is 40.2 Å². The van der Waals surface area contributed by atoms with Crippen molar-refractivity contribution in [3.05, 3.63) is 55.1 Å². The van der Waals surface area contributed by atoms with Crippen LogP contribution in [0, 0.1) is 17.8 Å². The molecule has 0 saturated carbocycles. The fourth-order valence-electron chi connectivity index (χ4n) is 3.62. The van der Waals surface area contributed by atoms with E-state index in [4.69, 9.17) is 4.42 Å². The minimum atomic E-state index is -0.0239. The fraction of sp³-hybridized carbons (Fsp3) is 0.391. The molecule has 1 aromatic heterocycles. The van der Waals surface area contributed by atoms with E-state index in [2.05, 4.69) is 82.9 Å². The Morgan fingerprint density at radius 3 is 2.40 bits per heavy atom. The molecule has 0 bridgehead atoms. The zero-order chi connectivity index (χ0) is 18.2. The molecule has 3 atom stereocenters. The lowest BCUT2D eigenvalue weighted by Gasteiger charge is -2.39. The summed E-state index contributed by atoms with van der Waals surface area (Å²) in [5.74, 6) is 1.55. The molecule has 0 saturated heterocycles. The van der Waals surface area contributed by atoms with Crippen molar-refractivity contribution >= 4 is 27.6 Å². The van der Waals surface area contributed by atoms with Gasteiger partial charge in [0.05, 0.1) is 0 Å². The monoisotopic (exact) mass is 335 g/mol. The Labute approximate surface area is 150 Å². The lowest BCUT2D eigenvalue weighted by molar-refractivity contribution is 0.233. The van der Waals surface area contributed by atoms with Crippen molar-refractivity contribution < 1.29 is 4.42 Å². The van der Waals surface area contributed by atoms with Gasteiger partial charge in [-0.25, -0.2) is 0 Å². The maximum atomic E-state index is 5.93. The summed E-state index contributed by atoms with van der Waals surface area (Å²) >= 11 is 0. The highest BCUT2D eigenvalue weighted by molar-refractivity contribution is 6.05. The van der Waals surface area contributed by atoms with Crippen LogP contribution in [0.15, 0.2) is 59.5 Å². The number of anilines is 1. The number of nitrogens with one attached hydrogen (secondary N) is 1.